The van der Waals surface area contributed by atoms with Gasteiger partial charge in [0.25, 0.3) is 5.91 Å². The van der Waals surface area contributed by atoms with Crippen molar-refractivity contribution in [2.45, 2.75) is 25.9 Å². The van der Waals surface area contributed by atoms with Gasteiger partial charge in [0.05, 0.1) is 17.4 Å². The summed E-state index contributed by atoms with van der Waals surface area (Å²) in [6, 6.07) is 9.68. The molecule has 0 aliphatic heterocycles. The Labute approximate surface area is 155 Å². The molecule has 25 heavy (non-hydrogen) atoms. The van der Waals surface area contributed by atoms with E-state index in [-0.39, 0.29) is 18.3 Å². The van der Waals surface area contributed by atoms with E-state index in [0.717, 1.165) is 10.7 Å². The lowest BCUT2D eigenvalue weighted by atomic mass is 10.0. The number of thiazole rings is 1. The Morgan fingerprint density at radius 3 is 2.68 bits per heavy atom. The van der Waals surface area contributed by atoms with E-state index in [1.165, 1.54) is 11.3 Å². The topological polar surface area (TPSA) is 98.7 Å². The Kier molecular flexibility index (Phi) is 5.89. The van der Waals surface area contributed by atoms with Crippen LogP contribution in [0.2, 0.25) is 0 Å². The highest BCUT2D eigenvalue weighted by Crippen LogP contribution is 2.20. The van der Waals surface area contributed by atoms with Gasteiger partial charge < -0.3 is 11.1 Å². The fraction of sp³-hybridized carbons (Fsp3) is 0.250. The van der Waals surface area contributed by atoms with Gasteiger partial charge >= 0.3 is 0 Å². The lowest BCUT2D eigenvalue weighted by molar-refractivity contribution is 0.0905. The zero-order valence-electron chi connectivity index (χ0n) is 13.8. The van der Waals surface area contributed by atoms with Crippen molar-refractivity contribution in [2.75, 3.05) is 0 Å². The van der Waals surface area contributed by atoms with Crippen LogP contribution in [-0.2, 0) is 12.1 Å². The molecule has 2 aromatic heterocycles. The molecule has 0 bridgehead atoms. The number of hydrogen-bond donors (Lipinski definition) is 2. The average Bonchev–Trinajstić information content (AvgIpc) is 3.25. The minimum absolute atomic E-state index is 0. The molecule has 2 heterocycles. The molecule has 0 aliphatic carbocycles. The Bertz CT molecular complexity index is 845. The molecular weight excluding hydrogens is 360 g/mol. The second-order valence-electron chi connectivity index (χ2n) is 5.79. The molecule has 0 spiro atoms. The predicted octanol–water partition coefficient (Wildman–Crippen LogP) is 2.27. The minimum Gasteiger partial charge on any atom is -0.340 e. The summed E-state index contributed by atoms with van der Waals surface area (Å²) in [6.45, 7) is 4.08. The lowest BCUT2D eigenvalue weighted by Gasteiger charge is -2.23. The van der Waals surface area contributed by atoms with Gasteiger partial charge in [-0.25, -0.2) is 9.67 Å². The summed E-state index contributed by atoms with van der Waals surface area (Å²) in [5, 5.41) is 13.7. The fourth-order valence-electron chi connectivity index (χ4n) is 2.18. The molecule has 0 saturated carbocycles. The Morgan fingerprint density at radius 2 is 2.04 bits per heavy atom. The van der Waals surface area contributed by atoms with E-state index in [1.54, 1.807) is 10.1 Å². The maximum Gasteiger partial charge on any atom is 0.271 e. The van der Waals surface area contributed by atoms with Gasteiger partial charge in [0, 0.05) is 11.9 Å². The van der Waals surface area contributed by atoms with Crippen molar-refractivity contribution in [1.82, 2.24) is 25.3 Å². The third kappa shape index (κ3) is 4.22. The number of carbonyl (C=O) groups excluding carboxylic acids is 1. The van der Waals surface area contributed by atoms with Gasteiger partial charge in [-0.3, -0.25) is 4.79 Å². The van der Waals surface area contributed by atoms with Gasteiger partial charge in [-0.05, 0) is 26.0 Å². The smallest absolute Gasteiger partial charge is 0.271 e. The van der Waals surface area contributed by atoms with Crippen LogP contribution in [0, 0.1) is 0 Å². The number of nitrogens with zero attached hydrogens (tertiary/aromatic N) is 4. The first kappa shape index (κ1) is 19.0. The standard InChI is InChI=1S/C16H18N6OS.ClH/c1-16(2,19-15(23)12-10-24-14(8-17)18-12)13-9-22(21-20-13)11-6-4-3-5-7-11;/h3-7,9-10H,8,17H2,1-2H3,(H,19,23);1H. The second-order valence-corrected chi connectivity index (χ2v) is 6.74. The van der Waals surface area contributed by atoms with Crippen molar-refractivity contribution < 1.29 is 4.79 Å². The van der Waals surface area contributed by atoms with Crippen molar-refractivity contribution in [3.8, 4) is 5.69 Å². The van der Waals surface area contributed by atoms with Crippen LogP contribution in [0.25, 0.3) is 5.69 Å². The largest absolute Gasteiger partial charge is 0.340 e. The van der Waals surface area contributed by atoms with Gasteiger partial charge in [-0.15, -0.1) is 28.8 Å². The average molecular weight is 379 g/mol. The molecule has 0 unspecified atom stereocenters. The van der Waals surface area contributed by atoms with Crippen LogP contribution in [0.15, 0.2) is 41.9 Å². The highest BCUT2D eigenvalue weighted by atomic mass is 35.5. The van der Waals surface area contributed by atoms with E-state index in [0.29, 0.717) is 17.9 Å². The molecule has 3 N–H and O–H groups in total. The lowest BCUT2D eigenvalue weighted by Crippen LogP contribution is -2.41. The molecule has 1 amide bonds. The number of nitrogens with two attached hydrogens (primary N) is 1. The molecule has 0 atom stereocenters. The molecule has 3 aromatic rings. The van der Waals surface area contributed by atoms with Crippen molar-refractivity contribution >= 4 is 29.7 Å². The summed E-state index contributed by atoms with van der Waals surface area (Å²) in [5.41, 5.74) is 6.78. The maximum atomic E-state index is 12.4. The third-order valence-electron chi connectivity index (χ3n) is 3.54. The van der Waals surface area contributed by atoms with E-state index in [4.69, 9.17) is 5.73 Å². The second kappa shape index (κ2) is 7.73. The quantitative estimate of drug-likeness (QED) is 0.709. The molecule has 9 heteroatoms. The summed E-state index contributed by atoms with van der Waals surface area (Å²) in [7, 11) is 0. The van der Waals surface area contributed by atoms with Crippen molar-refractivity contribution in [1.29, 1.82) is 0 Å². The predicted molar refractivity (Wildman–Crippen MR) is 99.1 cm³/mol. The Morgan fingerprint density at radius 1 is 1.32 bits per heavy atom. The van der Waals surface area contributed by atoms with Crippen molar-refractivity contribution in [2.24, 2.45) is 5.73 Å². The molecule has 0 radical (unpaired) electrons. The monoisotopic (exact) mass is 378 g/mol. The number of aromatic nitrogens is 4. The molecule has 3 rings (SSSR count). The summed E-state index contributed by atoms with van der Waals surface area (Å²) in [5.74, 6) is -0.259. The van der Waals surface area contributed by atoms with Crippen LogP contribution in [0.5, 0.6) is 0 Å². The number of nitrogens with one attached hydrogen (secondary N) is 1. The van der Waals surface area contributed by atoms with Crippen LogP contribution >= 0.6 is 23.7 Å². The molecular formula is C16H19ClN6OS. The molecule has 7 nitrogen and oxygen atoms in total. The molecule has 1 aromatic carbocycles. The summed E-state index contributed by atoms with van der Waals surface area (Å²) >= 11 is 1.37. The normalized spacial score (nSPS) is 11.0. The van der Waals surface area contributed by atoms with Crippen LogP contribution in [0.3, 0.4) is 0 Å². The van der Waals surface area contributed by atoms with E-state index >= 15 is 0 Å². The zero-order valence-corrected chi connectivity index (χ0v) is 15.5. The van der Waals surface area contributed by atoms with E-state index in [2.05, 4.69) is 20.6 Å². The fourth-order valence-corrected chi connectivity index (χ4v) is 2.83. The number of benzene rings is 1. The number of para-hydroxylation sites is 1. The van der Waals surface area contributed by atoms with Gasteiger partial charge in [0.15, 0.2) is 0 Å². The summed E-state index contributed by atoms with van der Waals surface area (Å²) in [6.07, 6.45) is 1.81. The van der Waals surface area contributed by atoms with Crippen LogP contribution < -0.4 is 11.1 Å². The van der Waals surface area contributed by atoms with E-state index in [9.17, 15) is 4.79 Å². The van der Waals surface area contributed by atoms with E-state index < -0.39 is 5.54 Å². The van der Waals surface area contributed by atoms with Crippen LogP contribution in [0.4, 0.5) is 0 Å². The Balaban J connectivity index is 0.00000225. The first-order valence-electron chi connectivity index (χ1n) is 7.45. The zero-order chi connectivity index (χ0) is 17.2. The molecule has 0 fully saturated rings. The van der Waals surface area contributed by atoms with Gasteiger partial charge in [0.2, 0.25) is 0 Å². The van der Waals surface area contributed by atoms with Crippen LogP contribution in [-0.4, -0.2) is 25.9 Å². The van der Waals surface area contributed by atoms with Crippen molar-refractivity contribution in [3.63, 3.8) is 0 Å². The van der Waals surface area contributed by atoms with Gasteiger partial charge in [-0.2, -0.15) is 0 Å². The number of hydrogen-bond acceptors (Lipinski definition) is 6. The number of amides is 1. The number of carbonyl (C=O) groups is 1. The minimum atomic E-state index is -0.684. The SMILES string of the molecule is CC(C)(NC(=O)c1csc(CN)n1)c1cn(-c2ccccc2)nn1.Cl. The Hall–Kier alpha value is -2.29. The maximum absolute atomic E-state index is 12.4. The molecule has 0 aliphatic rings. The summed E-state index contributed by atoms with van der Waals surface area (Å²) in [4.78, 5) is 16.6. The molecule has 132 valence electrons. The summed E-state index contributed by atoms with van der Waals surface area (Å²) < 4.78 is 1.68. The van der Waals surface area contributed by atoms with Gasteiger partial charge in [-0.1, -0.05) is 23.4 Å². The van der Waals surface area contributed by atoms with Crippen molar-refractivity contribution in [3.05, 3.63) is 58.3 Å². The first-order chi connectivity index (χ1) is 11.5. The van der Waals surface area contributed by atoms with E-state index in [1.807, 2.05) is 50.4 Å². The number of halogens is 1. The first-order valence-corrected chi connectivity index (χ1v) is 8.33. The molecule has 0 saturated heterocycles. The number of rotatable bonds is 5. The van der Waals surface area contributed by atoms with Crippen LogP contribution in [0.1, 0.15) is 35.0 Å². The highest BCUT2D eigenvalue weighted by Gasteiger charge is 2.28. The third-order valence-corrected chi connectivity index (χ3v) is 4.41. The van der Waals surface area contributed by atoms with Gasteiger partial charge in [0.1, 0.15) is 16.4 Å². The highest BCUT2D eigenvalue weighted by molar-refractivity contribution is 7.09.